The molecule has 18 heavy (non-hydrogen) atoms. The Balaban J connectivity index is 1.84. The molecule has 0 aromatic heterocycles. The van der Waals surface area contributed by atoms with Gasteiger partial charge in [0, 0.05) is 19.1 Å². The molecule has 1 amide bonds. The van der Waals surface area contributed by atoms with Crippen LogP contribution in [-0.4, -0.2) is 41.6 Å². The van der Waals surface area contributed by atoms with Crippen LogP contribution in [0.15, 0.2) is 24.3 Å². The van der Waals surface area contributed by atoms with Crippen LogP contribution in [0.5, 0.6) is 5.75 Å². The zero-order valence-electron chi connectivity index (χ0n) is 10.3. The summed E-state index contributed by atoms with van der Waals surface area (Å²) >= 11 is 0. The number of hydrogen-bond donors (Lipinski definition) is 3. The third-order valence-electron chi connectivity index (χ3n) is 3.18. The van der Waals surface area contributed by atoms with Crippen molar-refractivity contribution in [2.75, 3.05) is 25.0 Å². The molecule has 0 aliphatic carbocycles. The van der Waals surface area contributed by atoms with E-state index in [-0.39, 0.29) is 17.7 Å². The molecule has 0 bridgehead atoms. The predicted molar refractivity (Wildman–Crippen MR) is 70.4 cm³/mol. The molecule has 1 aliphatic rings. The van der Waals surface area contributed by atoms with E-state index in [2.05, 4.69) is 10.2 Å². The third-order valence-corrected chi connectivity index (χ3v) is 3.18. The Morgan fingerprint density at radius 2 is 2.06 bits per heavy atom. The van der Waals surface area contributed by atoms with Gasteiger partial charge in [-0.05, 0) is 25.0 Å². The number of amides is 1. The molecule has 1 fully saturated rings. The second kappa shape index (κ2) is 5.84. The SMILES string of the molecule is NC1CCN(CC(=O)Nc2ccccc2O)CC1. The van der Waals surface area contributed by atoms with Crippen LogP contribution in [0.1, 0.15) is 12.8 Å². The van der Waals surface area contributed by atoms with Crippen LogP contribution in [0.25, 0.3) is 0 Å². The average molecular weight is 249 g/mol. The van der Waals surface area contributed by atoms with Crippen LogP contribution in [0.2, 0.25) is 0 Å². The maximum Gasteiger partial charge on any atom is 0.238 e. The highest BCUT2D eigenvalue weighted by atomic mass is 16.3. The smallest absolute Gasteiger partial charge is 0.238 e. The van der Waals surface area contributed by atoms with Crippen LogP contribution in [0.4, 0.5) is 5.69 Å². The number of carbonyl (C=O) groups is 1. The minimum absolute atomic E-state index is 0.0894. The van der Waals surface area contributed by atoms with Gasteiger partial charge in [0.1, 0.15) is 5.75 Å². The van der Waals surface area contributed by atoms with Crippen molar-refractivity contribution >= 4 is 11.6 Å². The van der Waals surface area contributed by atoms with Crippen LogP contribution in [0.3, 0.4) is 0 Å². The summed E-state index contributed by atoms with van der Waals surface area (Å²) in [6.45, 7) is 2.06. The standard InChI is InChI=1S/C13H19N3O2/c14-10-5-7-16(8-6-10)9-13(18)15-11-3-1-2-4-12(11)17/h1-4,10,17H,5-9,14H2,(H,15,18). The first-order chi connectivity index (χ1) is 8.65. The highest BCUT2D eigenvalue weighted by Crippen LogP contribution is 2.21. The maximum atomic E-state index is 11.8. The molecule has 2 rings (SSSR count). The van der Waals surface area contributed by atoms with Crippen molar-refractivity contribution in [1.82, 2.24) is 4.90 Å². The topological polar surface area (TPSA) is 78.6 Å². The molecular weight excluding hydrogens is 230 g/mol. The Labute approximate surface area is 107 Å². The zero-order valence-corrected chi connectivity index (χ0v) is 10.3. The first kappa shape index (κ1) is 12.9. The first-order valence-corrected chi connectivity index (χ1v) is 6.21. The van der Waals surface area contributed by atoms with E-state index in [1.54, 1.807) is 24.3 Å². The molecule has 0 atom stereocenters. The lowest BCUT2D eigenvalue weighted by Gasteiger charge is -2.29. The summed E-state index contributed by atoms with van der Waals surface area (Å²) in [6.07, 6.45) is 1.87. The van der Waals surface area contributed by atoms with E-state index in [0.29, 0.717) is 12.2 Å². The summed E-state index contributed by atoms with van der Waals surface area (Å²) in [4.78, 5) is 13.9. The van der Waals surface area contributed by atoms with E-state index in [0.717, 1.165) is 25.9 Å². The number of carbonyl (C=O) groups excluding carboxylic acids is 1. The molecule has 0 spiro atoms. The number of aromatic hydroxyl groups is 1. The van der Waals surface area contributed by atoms with E-state index < -0.39 is 0 Å². The molecule has 98 valence electrons. The molecule has 1 aliphatic heterocycles. The highest BCUT2D eigenvalue weighted by Gasteiger charge is 2.18. The Morgan fingerprint density at radius 3 is 2.72 bits per heavy atom. The van der Waals surface area contributed by atoms with Crippen LogP contribution < -0.4 is 11.1 Å². The number of phenols is 1. The molecule has 5 heteroatoms. The number of benzene rings is 1. The van der Waals surface area contributed by atoms with Crippen molar-refractivity contribution in [3.05, 3.63) is 24.3 Å². The minimum atomic E-state index is -0.105. The van der Waals surface area contributed by atoms with Gasteiger partial charge in [0.15, 0.2) is 0 Å². The summed E-state index contributed by atoms with van der Waals surface area (Å²) < 4.78 is 0. The van der Waals surface area contributed by atoms with E-state index >= 15 is 0 Å². The fourth-order valence-corrected chi connectivity index (χ4v) is 2.08. The van der Waals surface area contributed by atoms with Gasteiger partial charge in [-0.15, -0.1) is 0 Å². The normalized spacial score (nSPS) is 17.6. The van der Waals surface area contributed by atoms with Crippen LogP contribution in [-0.2, 0) is 4.79 Å². The Morgan fingerprint density at radius 1 is 1.39 bits per heavy atom. The van der Waals surface area contributed by atoms with Gasteiger partial charge in [0.2, 0.25) is 5.91 Å². The van der Waals surface area contributed by atoms with Gasteiger partial charge in [-0.1, -0.05) is 12.1 Å². The lowest BCUT2D eigenvalue weighted by atomic mass is 10.1. The van der Waals surface area contributed by atoms with Crippen LogP contribution >= 0.6 is 0 Å². The number of hydrogen-bond acceptors (Lipinski definition) is 4. The van der Waals surface area contributed by atoms with Gasteiger partial charge in [-0.2, -0.15) is 0 Å². The van der Waals surface area contributed by atoms with Crippen molar-refractivity contribution < 1.29 is 9.90 Å². The molecule has 4 N–H and O–H groups in total. The Kier molecular flexibility index (Phi) is 4.17. The quantitative estimate of drug-likeness (QED) is 0.691. The molecule has 1 aromatic rings. The summed E-state index contributed by atoms with van der Waals surface area (Å²) in [6, 6.07) is 6.99. The number of rotatable bonds is 3. The lowest BCUT2D eigenvalue weighted by molar-refractivity contribution is -0.117. The zero-order chi connectivity index (χ0) is 13.0. The summed E-state index contributed by atoms with van der Waals surface area (Å²) in [5, 5.41) is 12.3. The van der Waals surface area contributed by atoms with Gasteiger partial charge >= 0.3 is 0 Å². The maximum absolute atomic E-state index is 11.8. The number of nitrogens with one attached hydrogen (secondary N) is 1. The molecule has 1 aromatic carbocycles. The Hall–Kier alpha value is -1.59. The molecular formula is C13H19N3O2. The highest BCUT2D eigenvalue weighted by molar-refractivity contribution is 5.93. The molecule has 5 nitrogen and oxygen atoms in total. The second-order valence-corrected chi connectivity index (χ2v) is 4.68. The first-order valence-electron chi connectivity index (χ1n) is 6.21. The number of para-hydroxylation sites is 2. The van der Waals surface area contributed by atoms with Crippen molar-refractivity contribution in [3.8, 4) is 5.75 Å². The van der Waals surface area contributed by atoms with E-state index in [9.17, 15) is 9.90 Å². The van der Waals surface area contributed by atoms with Gasteiger partial charge in [0.25, 0.3) is 0 Å². The average Bonchev–Trinajstić information content (AvgIpc) is 2.35. The second-order valence-electron chi connectivity index (χ2n) is 4.68. The van der Waals surface area contributed by atoms with Gasteiger partial charge in [-0.3, -0.25) is 9.69 Å². The molecule has 1 heterocycles. The number of nitrogens with zero attached hydrogens (tertiary/aromatic N) is 1. The largest absolute Gasteiger partial charge is 0.506 e. The number of phenolic OH excluding ortho intramolecular Hbond substituents is 1. The van der Waals surface area contributed by atoms with Gasteiger partial charge in [0.05, 0.1) is 12.2 Å². The number of likely N-dealkylation sites (tertiary alicyclic amines) is 1. The lowest BCUT2D eigenvalue weighted by Crippen LogP contribution is -2.43. The molecule has 0 radical (unpaired) electrons. The van der Waals surface area contributed by atoms with E-state index in [1.807, 2.05) is 0 Å². The van der Waals surface area contributed by atoms with Crippen molar-refractivity contribution in [3.63, 3.8) is 0 Å². The molecule has 0 unspecified atom stereocenters. The fourth-order valence-electron chi connectivity index (χ4n) is 2.08. The van der Waals surface area contributed by atoms with Crippen molar-refractivity contribution in [1.29, 1.82) is 0 Å². The fraction of sp³-hybridized carbons (Fsp3) is 0.462. The van der Waals surface area contributed by atoms with E-state index in [4.69, 9.17) is 5.73 Å². The predicted octanol–water partition coefficient (Wildman–Crippen LogP) is 0.754. The van der Waals surface area contributed by atoms with Gasteiger partial charge < -0.3 is 16.2 Å². The number of nitrogens with two attached hydrogens (primary N) is 1. The van der Waals surface area contributed by atoms with E-state index in [1.165, 1.54) is 0 Å². The number of piperidine rings is 1. The van der Waals surface area contributed by atoms with Crippen LogP contribution in [0, 0.1) is 0 Å². The molecule has 1 saturated heterocycles. The van der Waals surface area contributed by atoms with Crippen molar-refractivity contribution in [2.45, 2.75) is 18.9 Å². The molecule has 0 saturated carbocycles. The monoisotopic (exact) mass is 249 g/mol. The Bertz CT molecular complexity index is 414. The third kappa shape index (κ3) is 3.45. The van der Waals surface area contributed by atoms with Gasteiger partial charge in [-0.25, -0.2) is 0 Å². The van der Waals surface area contributed by atoms with Crippen molar-refractivity contribution in [2.24, 2.45) is 5.73 Å². The number of anilines is 1. The minimum Gasteiger partial charge on any atom is -0.506 e. The summed E-state index contributed by atoms with van der Waals surface area (Å²) in [5.41, 5.74) is 6.27. The summed E-state index contributed by atoms with van der Waals surface area (Å²) in [5.74, 6) is -0.0153. The summed E-state index contributed by atoms with van der Waals surface area (Å²) in [7, 11) is 0.